The first-order valence-electron chi connectivity index (χ1n) is 13.8. The van der Waals surface area contributed by atoms with Crippen LogP contribution in [0.15, 0.2) is 89.0 Å². The molecule has 0 amide bonds. The van der Waals surface area contributed by atoms with E-state index in [0.717, 1.165) is 47.0 Å². The van der Waals surface area contributed by atoms with Crippen LogP contribution in [0.2, 0.25) is 0 Å². The van der Waals surface area contributed by atoms with Crippen molar-refractivity contribution in [3.8, 4) is 11.4 Å². The van der Waals surface area contributed by atoms with Gasteiger partial charge in [-0.3, -0.25) is 14.8 Å². The van der Waals surface area contributed by atoms with Gasteiger partial charge in [-0.2, -0.15) is 0 Å². The maximum atomic E-state index is 13.0. The van der Waals surface area contributed by atoms with Gasteiger partial charge in [0.05, 0.1) is 16.7 Å². The summed E-state index contributed by atoms with van der Waals surface area (Å²) in [4.78, 5) is 32.5. The third-order valence-electron chi connectivity index (χ3n) is 7.17. The maximum absolute atomic E-state index is 13.0. The Hall–Kier alpha value is -4.76. The second kappa shape index (κ2) is 13.1. The summed E-state index contributed by atoms with van der Waals surface area (Å²) in [5.41, 5.74) is 12.8. The minimum Gasteiger partial charge on any atom is -0.396 e. The van der Waals surface area contributed by atoms with Crippen molar-refractivity contribution in [1.82, 2.24) is 19.9 Å². The molecular formula is C32H35N7O2. The van der Waals surface area contributed by atoms with Crippen LogP contribution < -0.4 is 16.6 Å². The highest BCUT2D eigenvalue weighted by Gasteiger charge is 2.17. The number of nitrogens with one attached hydrogen (secondary N) is 3. The first kappa shape index (κ1) is 27.8. The third-order valence-corrected chi connectivity index (χ3v) is 7.17. The molecule has 0 radical (unpaired) electrons. The Kier molecular flexibility index (Phi) is 8.85. The molecule has 0 saturated heterocycles. The summed E-state index contributed by atoms with van der Waals surface area (Å²) in [6.07, 6.45) is 7.50. The highest BCUT2D eigenvalue weighted by Crippen LogP contribution is 2.27. The van der Waals surface area contributed by atoms with E-state index in [4.69, 9.17) is 10.7 Å². The average Bonchev–Trinajstić information content (AvgIpc) is 3.42. The molecule has 0 aliphatic rings. The number of benzene rings is 2. The van der Waals surface area contributed by atoms with Crippen molar-refractivity contribution in [2.24, 2.45) is 16.6 Å². The van der Waals surface area contributed by atoms with E-state index in [1.165, 1.54) is 5.56 Å². The summed E-state index contributed by atoms with van der Waals surface area (Å²) in [7, 11) is 0. The maximum Gasteiger partial charge on any atom is 0.261 e. The second-order valence-electron chi connectivity index (χ2n) is 10.2. The van der Waals surface area contributed by atoms with E-state index in [0.29, 0.717) is 36.0 Å². The fourth-order valence-corrected chi connectivity index (χ4v) is 4.98. The van der Waals surface area contributed by atoms with Gasteiger partial charge in [-0.1, -0.05) is 36.4 Å². The largest absolute Gasteiger partial charge is 0.396 e. The van der Waals surface area contributed by atoms with E-state index in [9.17, 15) is 9.90 Å². The van der Waals surface area contributed by atoms with Crippen LogP contribution in [0.3, 0.4) is 0 Å². The lowest BCUT2D eigenvalue weighted by atomic mass is 9.97. The van der Waals surface area contributed by atoms with Crippen molar-refractivity contribution in [3.63, 3.8) is 0 Å². The smallest absolute Gasteiger partial charge is 0.261 e. The highest BCUT2D eigenvalue weighted by molar-refractivity contribution is 6.01. The van der Waals surface area contributed by atoms with E-state index in [1.807, 2.05) is 61.7 Å². The van der Waals surface area contributed by atoms with Gasteiger partial charge in [0.15, 0.2) is 0 Å². The Morgan fingerprint density at radius 3 is 2.73 bits per heavy atom. The number of amidine groups is 1. The molecule has 5 aromatic rings. The van der Waals surface area contributed by atoms with E-state index in [1.54, 1.807) is 12.4 Å². The number of fused-ring (bicyclic) bond motifs is 1. The van der Waals surface area contributed by atoms with Crippen LogP contribution in [0.5, 0.6) is 0 Å². The van der Waals surface area contributed by atoms with Crippen LogP contribution in [0.25, 0.3) is 22.4 Å². The van der Waals surface area contributed by atoms with Crippen LogP contribution in [-0.2, 0) is 12.8 Å². The molecule has 3 heterocycles. The van der Waals surface area contributed by atoms with Crippen molar-refractivity contribution in [3.05, 3.63) is 112 Å². The van der Waals surface area contributed by atoms with Gasteiger partial charge in [-0.25, -0.2) is 4.98 Å². The Bertz CT molecular complexity index is 1680. The normalized spacial score (nSPS) is 12.5. The van der Waals surface area contributed by atoms with Crippen LogP contribution in [0, 0.1) is 12.8 Å². The lowest BCUT2D eigenvalue weighted by molar-refractivity contribution is 0.220. The zero-order valence-corrected chi connectivity index (χ0v) is 23.1. The van der Waals surface area contributed by atoms with Crippen LogP contribution in [0.1, 0.15) is 28.7 Å². The van der Waals surface area contributed by atoms with Gasteiger partial charge >= 0.3 is 0 Å². The summed E-state index contributed by atoms with van der Waals surface area (Å²) in [5, 5.41) is 13.3. The number of aliphatic imine (C=N–C) groups is 1. The number of imidazole rings is 1. The summed E-state index contributed by atoms with van der Waals surface area (Å²) >= 11 is 0. The third kappa shape index (κ3) is 6.88. The number of hydrogen-bond donors (Lipinski definition) is 5. The number of pyridine rings is 2. The predicted molar refractivity (Wildman–Crippen MR) is 164 cm³/mol. The minimum absolute atomic E-state index is 0.0971. The Morgan fingerprint density at radius 2 is 1.95 bits per heavy atom. The zero-order chi connectivity index (χ0) is 28.6. The van der Waals surface area contributed by atoms with Gasteiger partial charge in [-0.05, 0) is 73.1 Å². The van der Waals surface area contributed by atoms with Crippen molar-refractivity contribution in [1.29, 1.82) is 0 Å². The second-order valence-corrected chi connectivity index (χ2v) is 10.2. The number of aliphatic hydroxyl groups excluding tert-OH is 1. The van der Waals surface area contributed by atoms with Gasteiger partial charge in [-0.15, -0.1) is 0 Å². The molecule has 1 atom stereocenters. The van der Waals surface area contributed by atoms with Crippen LogP contribution >= 0.6 is 0 Å². The van der Waals surface area contributed by atoms with E-state index in [-0.39, 0.29) is 18.1 Å². The number of H-pyrrole nitrogens is 2. The first-order valence-corrected chi connectivity index (χ1v) is 13.8. The lowest BCUT2D eigenvalue weighted by Crippen LogP contribution is -2.17. The van der Waals surface area contributed by atoms with Gasteiger partial charge in [0, 0.05) is 43.9 Å². The van der Waals surface area contributed by atoms with Crippen molar-refractivity contribution < 1.29 is 5.11 Å². The molecule has 9 heteroatoms. The monoisotopic (exact) mass is 549 g/mol. The number of hydrogen-bond acceptors (Lipinski definition) is 6. The first-order chi connectivity index (χ1) is 20.0. The van der Waals surface area contributed by atoms with E-state index in [2.05, 4.69) is 37.4 Å². The van der Waals surface area contributed by atoms with Crippen LogP contribution in [0.4, 0.5) is 5.69 Å². The number of aromatic nitrogens is 4. The zero-order valence-electron chi connectivity index (χ0n) is 23.1. The van der Waals surface area contributed by atoms with Gasteiger partial charge in [0.2, 0.25) is 0 Å². The molecule has 1 unspecified atom stereocenters. The molecule has 0 spiro atoms. The summed E-state index contributed by atoms with van der Waals surface area (Å²) in [6, 6.07) is 19.8. The number of nitrogens with zero attached hydrogens (tertiary/aromatic N) is 3. The SMILES string of the molecule is Cc1cc(C(N)=NCCc2cccnc2)cc2[nH]c(-c3c(NCCC(CO)Cc4ccccc4)cc[nH]c3=O)nc12. The Labute approximate surface area is 238 Å². The number of nitrogens with two attached hydrogens (primary N) is 1. The minimum atomic E-state index is -0.244. The molecule has 0 aliphatic carbocycles. The standard InChI is InChI=1S/C32H35N7O2/c1-21-16-25(30(33)36-14-9-23-8-5-12-34-19-23)18-27-29(21)39-31(38-27)28-26(11-15-37-32(28)41)35-13-10-24(20-40)17-22-6-3-2-4-7-22/h2-8,11-12,15-16,18-19,24,40H,9-10,13-14,17,20H2,1H3,(H2,33,36)(H,38,39)(H2,35,37,41). The molecule has 2 aromatic carbocycles. The van der Waals surface area contributed by atoms with Gasteiger partial charge in [0.25, 0.3) is 5.56 Å². The Morgan fingerprint density at radius 1 is 1.12 bits per heavy atom. The molecule has 6 N–H and O–H groups in total. The Balaban J connectivity index is 1.32. The topological polar surface area (TPSA) is 145 Å². The van der Waals surface area contributed by atoms with Crippen molar-refractivity contribution in [2.75, 3.05) is 25.0 Å². The van der Waals surface area contributed by atoms with E-state index >= 15 is 0 Å². The van der Waals surface area contributed by atoms with E-state index < -0.39 is 0 Å². The summed E-state index contributed by atoms with van der Waals surface area (Å²) < 4.78 is 0. The molecule has 0 aliphatic heterocycles. The molecule has 9 nitrogen and oxygen atoms in total. The number of rotatable bonds is 12. The van der Waals surface area contributed by atoms with Gasteiger partial charge < -0.3 is 26.1 Å². The molecule has 0 bridgehead atoms. The number of aromatic amines is 2. The predicted octanol–water partition coefficient (Wildman–Crippen LogP) is 4.22. The molecule has 3 aromatic heterocycles. The van der Waals surface area contributed by atoms with Crippen molar-refractivity contribution >= 4 is 22.6 Å². The van der Waals surface area contributed by atoms with Crippen molar-refractivity contribution in [2.45, 2.75) is 26.2 Å². The molecule has 210 valence electrons. The summed E-state index contributed by atoms with van der Waals surface area (Å²) in [5.74, 6) is 1.03. The molecule has 0 saturated carbocycles. The number of aliphatic hydroxyl groups is 1. The lowest BCUT2D eigenvalue weighted by Gasteiger charge is -2.16. The van der Waals surface area contributed by atoms with Gasteiger partial charge in [0.1, 0.15) is 17.2 Å². The fraction of sp³-hybridized carbons (Fsp3) is 0.250. The fourth-order valence-electron chi connectivity index (χ4n) is 4.98. The number of aryl methyl sites for hydroxylation is 1. The number of anilines is 1. The average molecular weight is 550 g/mol. The summed E-state index contributed by atoms with van der Waals surface area (Å²) in [6.45, 7) is 3.22. The molecule has 0 fully saturated rings. The molecule has 5 rings (SSSR count). The van der Waals surface area contributed by atoms with Crippen LogP contribution in [-0.4, -0.2) is 50.6 Å². The molecular weight excluding hydrogens is 514 g/mol. The highest BCUT2D eigenvalue weighted by atomic mass is 16.3. The quantitative estimate of drug-likeness (QED) is 0.116. The molecule has 41 heavy (non-hydrogen) atoms.